The Morgan fingerprint density at radius 2 is 1.68 bits per heavy atom. The van der Waals surface area contributed by atoms with Crippen molar-refractivity contribution in [1.29, 1.82) is 0 Å². The number of nitrogens with two attached hydrogens (primary N) is 1. The SMILES string of the molecule is CCCCc1ccc(-c2nc(N)sc2-c2ccccc2)cc1. The van der Waals surface area contributed by atoms with Gasteiger partial charge in [-0.2, -0.15) is 0 Å². The predicted molar refractivity (Wildman–Crippen MR) is 96.0 cm³/mol. The number of thiazole rings is 1. The van der Waals surface area contributed by atoms with Crippen LogP contribution in [-0.4, -0.2) is 4.98 Å². The van der Waals surface area contributed by atoms with Gasteiger partial charge in [-0.25, -0.2) is 4.98 Å². The zero-order valence-corrected chi connectivity index (χ0v) is 13.6. The third kappa shape index (κ3) is 3.20. The highest BCUT2D eigenvalue weighted by molar-refractivity contribution is 7.19. The molecule has 2 aromatic carbocycles. The number of nitrogen functional groups attached to an aromatic ring is 1. The van der Waals surface area contributed by atoms with Gasteiger partial charge in [-0.1, -0.05) is 79.3 Å². The molecule has 0 radical (unpaired) electrons. The molecule has 0 amide bonds. The Hall–Kier alpha value is -2.13. The third-order valence-electron chi connectivity index (χ3n) is 3.73. The van der Waals surface area contributed by atoms with Gasteiger partial charge in [-0.05, 0) is 24.0 Å². The third-order valence-corrected chi connectivity index (χ3v) is 4.66. The van der Waals surface area contributed by atoms with Crippen LogP contribution in [0, 0.1) is 0 Å². The Morgan fingerprint density at radius 3 is 2.36 bits per heavy atom. The lowest BCUT2D eigenvalue weighted by molar-refractivity contribution is 0.795. The maximum Gasteiger partial charge on any atom is 0.181 e. The summed E-state index contributed by atoms with van der Waals surface area (Å²) in [6, 6.07) is 19.0. The largest absolute Gasteiger partial charge is 0.375 e. The number of anilines is 1. The first-order chi connectivity index (χ1) is 10.8. The van der Waals surface area contributed by atoms with Crippen LogP contribution in [0.15, 0.2) is 54.6 Å². The Morgan fingerprint density at radius 1 is 0.955 bits per heavy atom. The first-order valence-electron chi connectivity index (χ1n) is 7.69. The van der Waals surface area contributed by atoms with Crippen LogP contribution in [-0.2, 0) is 6.42 Å². The van der Waals surface area contributed by atoms with Crippen molar-refractivity contribution in [3.05, 3.63) is 60.2 Å². The highest BCUT2D eigenvalue weighted by Gasteiger charge is 2.13. The molecule has 0 saturated heterocycles. The zero-order chi connectivity index (χ0) is 15.4. The van der Waals surface area contributed by atoms with E-state index in [4.69, 9.17) is 5.73 Å². The minimum Gasteiger partial charge on any atom is -0.375 e. The van der Waals surface area contributed by atoms with Crippen molar-refractivity contribution < 1.29 is 0 Å². The monoisotopic (exact) mass is 308 g/mol. The van der Waals surface area contributed by atoms with Crippen molar-refractivity contribution in [3.8, 4) is 21.7 Å². The fourth-order valence-electron chi connectivity index (χ4n) is 2.53. The first kappa shape index (κ1) is 14.8. The summed E-state index contributed by atoms with van der Waals surface area (Å²) in [4.78, 5) is 5.68. The molecule has 0 saturated carbocycles. The first-order valence-corrected chi connectivity index (χ1v) is 8.50. The van der Waals surface area contributed by atoms with E-state index in [0.29, 0.717) is 5.13 Å². The number of aryl methyl sites for hydroxylation is 1. The average molecular weight is 308 g/mol. The smallest absolute Gasteiger partial charge is 0.181 e. The molecule has 3 rings (SSSR count). The van der Waals surface area contributed by atoms with Crippen molar-refractivity contribution in [2.45, 2.75) is 26.2 Å². The average Bonchev–Trinajstić information content (AvgIpc) is 2.96. The molecule has 0 fully saturated rings. The molecule has 0 aliphatic rings. The Kier molecular flexibility index (Phi) is 4.54. The van der Waals surface area contributed by atoms with Crippen LogP contribution in [0.3, 0.4) is 0 Å². The van der Waals surface area contributed by atoms with Gasteiger partial charge in [0.1, 0.15) is 0 Å². The lowest BCUT2D eigenvalue weighted by Gasteiger charge is -2.05. The number of hydrogen-bond acceptors (Lipinski definition) is 3. The molecule has 2 nitrogen and oxygen atoms in total. The quantitative estimate of drug-likeness (QED) is 0.685. The van der Waals surface area contributed by atoms with E-state index in [0.717, 1.165) is 22.6 Å². The number of hydrogen-bond donors (Lipinski definition) is 1. The van der Waals surface area contributed by atoms with E-state index in [1.165, 1.54) is 24.0 Å². The Bertz CT molecular complexity index is 730. The molecule has 1 aromatic heterocycles. The normalized spacial score (nSPS) is 10.8. The van der Waals surface area contributed by atoms with E-state index in [2.05, 4.69) is 48.3 Å². The number of benzene rings is 2. The molecule has 0 bridgehead atoms. The van der Waals surface area contributed by atoms with Crippen LogP contribution >= 0.6 is 11.3 Å². The second-order valence-corrected chi connectivity index (χ2v) is 6.43. The molecular weight excluding hydrogens is 288 g/mol. The fourth-order valence-corrected chi connectivity index (χ4v) is 3.39. The maximum absolute atomic E-state index is 5.96. The number of nitrogens with zero attached hydrogens (tertiary/aromatic N) is 1. The van der Waals surface area contributed by atoms with Gasteiger partial charge in [0.2, 0.25) is 0 Å². The van der Waals surface area contributed by atoms with Crippen molar-refractivity contribution >= 4 is 16.5 Å². The second-order valence-electron chi connectivity index (χ2n) is 5.40. The van der Waals surface area contributed by atoms with Crippen LogP contribution in [0.1, 0.15) is 25.3 Å². The summed E-state index contributed by atoms with van der Waals surface area (Å²) in [6.45, 7) is 2.22. The van der Waals surface area contributed by atoms with Gasteiger partial charge in [-0.3, -0.25) is 0 Å². The van der Waals surface area contributed by atoms with Gasteiger partial charge < -0.3 is 5.73 Å². The molecule has 0 aliphatic heterocycles. The van der Waals surface area contributed by atoms with Gasteiger partial charge in [-0.15, -0.1) is 0 Å². The van der Waals surface area contributed by atoms with E-state index in [1.54, 1.807) is 11.3 Å². The zero-order valence-electron chi connectivity index (χ0n) is 12.8. The number of aromatic nitrogens is 1. The molecular formula is C19H20N2S. The molecule has 22 heavy (non-hydrogen) atoms. The Balaban J connectivity index is 1.95. The van der Waals surface area contributed by atoms with Crippen molar-refractivity contribution in [3.63, 3.8) is 0 Å². The van der Waals surface area contributed by atoms with E-state index in [9.17, 15) is 0 Å². The summed E-state index contributed by atoms with van der Waals surface area (Å²) in [5, 5.41) is 0.615. The van der Waals surface area contributed by atoms with Crippen LogP contribution in [0.2, 0.25) is 0 Å². The molecule has 0 spiro atoms. The second kappa shape index (κ2) is 6.75. The summed E-state index contributed by atoms with van der Waals surface area (Å²) in [5.74, 6) is 0. The van der Waals surface area contributed by atoms with Crippen LogP contribution in [0.5, 0.6) is 0 Å². The molecule has 3 heteroatoms. The summed E-state index contributed by atoms with van der Waals surface area (Å²) in [7, 11) is 0. The van der Waals surface area contributed by atoms with Crippen molar-refractivity contribution in [2.75, 3.05) is 5.73 Å². The van der Waals surface area contributed by atoms with E-state index >= 15 is 0 Å². The minimum absolute atomic E-state index is 0.615. The topological polar surface area (TPSA) is 38.9 Å². The Labute approximate surface area is 135 Å². The van der Waals surface area contributed by atoms with Gasteiger partial charge in [0.25, 0.3) is 0 Å². The summed E-state index contributed by atoms with van der Waals surface area (Å²) < 4.78 is 0. The summed E-state index contributed by atoms with van der Waals surface area (Å²) in [6.07, 6.45) is 3.60. The highest BCUT2D eigenvalue weighted by atomic mass is 32.1. The van der Waals surface area contributed by atoms with Gasteiger partial charge in [0.15, 0.2) is 5.13 Å². The van der Waals surface area contributed by atoms with Gasteiger partial charge in [0.05, 0.1) is 10.6 Å². The van der Waals surface area contributed by atoms with Gasteiger partial charge in [0, 0.05) is 5.56 Å². The minimum atomic E-state index is 0.615. The lowest BCUT2D eigenvalue weighted by atomic mass is 10.0. The highest BCUT2D eigenvalue weighted by Crippen LogP contribution is 2.37. The van der Waals surface area contributed by atoms with Crippen molar-refractivity contribution in [1.82, 2.24) is 4.98 Å². The van der Waals surface area contributed by atoms with Crippen molar-refractivity contribution in [2.24, 2.45) is 0 Å². The number of rotatable bonds is 5. The summed E-state index contributed by atoms with van der Waals surface area (Å²) in [5.41, 5.74) is 10.6. The van der Waals surface area contributed by atoms with Gasteiger partial charge >= 0.3 is 0 Å². The molecule has 2 N–H and O–H groups in total. The van der Waals surface area contributed by atoms with E-state index in [1.807, 2.05) is 18.2 Å². The molecule has 0 aliphatic carbocycles. The molecule has 0 unspecified atom stereocenters. The van der Waals surface area contributed by atoms with E-state index in [-0.39, 0.29) is 0 Å². The lowest BCUT2D eigenvalue weighted by Crippen LogP contribution is -1.87. The standard InChI is InChI=1S/C19H20N2S/c1-2-3-7-14-10-12-15(13-11-14)17-18(22-19(20)21-17)16-8-5-4-6-9-16/h4-6,8-13H,2-3,7H2,1H3,(H2,20,21). The number of unbranched alkanes of at least 4 members (excludes halogenated alkanes) is 1. The molecule has 3 aromatic rings. The van der Waals surface area contributed by atoms with Crippen LogP contribution < -0.4 is 5.73 Å². The molecule has 0 atom stereocenters. The summed E-state index contributed by atoms with van der Waals surface area (Å²) >= 11 is 1.55. The predicted octanol–water partition coefficient (Wildman–Crippen LogP) is 5.40. The van der Waals surface area contributed by atoms with Crippen LogP contribution in [0.25, 0.3) is 21.7 Å². The van der Waals surface area contributed by atoms with Crippen LogP contribution in [0.4, 0.5) is 5.13 Å². The maximum atomic E-state index is 5.96. The van der Waals surface area contributed by atoms with E-state index < -0.39 is 0 Å². The molecule has 1 heterocycles. The fraction of sp³-hybridized carbons (Fsp3) is 0.211. The molecule has 112 valence electrons.